The monoisotopic (exact) mass is 551 g/mol. The van der Waals surface area contributed by atoms with Crippen LogP contribution in [0.15, 0.2) is 23.1 Å². The number of carboxylic acids is 1. The van der Waals surface area contributed by atoms with Crippen LogP contribution in [0.5, 0.6) is 0 Å². The van der Waals surface area contributed by atoms with Crippen LogP contribution >= 0.6 is 0 Å². The number of anilines is 1. The van der Waals surface area contributed by atoms with Crippen molar-refractivity contribution in [3.8, 4) is 0 Å². The number of carboxylic acid groups (broad SMARTS) is 1. The van der Waals surface area contributed by atoms with E-state index in [1.807, 2.05) is 4.90 Å². The third-order valence-electron chi connectivity index (χ3n) is 7.73. The fourth-order valence-electron chi connectivity index (χ4n) is 5.31. The fourth-order valence-corrected chi connectivity index (χ4v) is 5.31. The molecule has 12 nitrogen and oxygen atoms in total. The van der Waals surface area contributed by atoms with Gasteiger partial charge in [-0.1, -0.05) is 0 Å². The van der Waals surface area contributed by atoms with E-state index in [-0.39, 0.29) is 23.6 Å². The van der Waals surface area contributed by atoms with E-state index in [1.54, 1.807) is 10.6 Å². The molecule has 3 aliphatic rings. The average molecular weight is 552 g/mol. The maximum atomic E-state index is 15.2. The van der Waals surface area contributed by atoms with Crippen LogP contribution in [-0.4, -0.2) is 118 Å². The zero-order chi connectivity index (χ0) is 27.8. The van der Waals surface area contributed by atoms with E-state index in [4.69, 9.17) is 9.47 Å². The van der Waals surface area contributed by atoms with Crippen LogP contribution in [-0.2, 0) is 9.47 Å². The first-order valence-corrected chi connectivity index (χ1v) is 13.2. The number of aromatic nitrogens is 1. The molecule has 0 spiro atoms. The topological polar surface area (TPSA) is 165 Å². The van der Waals surface area contributed by atoms with Crippen molar-refractivity contribution < 1.29 is 44.2 Å². The van der Waals surface area contributed by atoms with Gasteiger partial charge in [-0.2, -0.15) is 0 Å². The van der Waals surface area contributed by atoms with E-state index >= 15 is 4.39 Å². The number of aliphatic hydroxyl groups excluding tert-OH is 4. The maximum Gasteiger partial charge on any atom is 0.341 e. The Balaban J connectivity index is 1.18. The molecular weight excluding hydrogens is 517 g/mol. The van der Waals surface area contributed by atoms with Crippen molar-refractivity contribution in [1.29, 1.82) is 0 Å². The predicted octanol–water partition coefficient (Wildman–Crippen LogP) is -0.498. The molecule has 13 heteroatoms. The number of hydrogen-bond donors (Lipinski definition) is 5. The van der Waals surface area contributed by atoms with Gasteiger partial charge in [0.25, 0.3) is 0 Å². The number of ether oxygens (including phenoxy) is 2. The van der Waals surface area contributed by atoms with Gasteiger partial charge in [0.15, 0.2) is 6.29 Å². The molecule has 39 heavy (non-hydrogen) atoms. The third-order valence-corrected chi connectivity index (χ3v) is 7.73. The molecular formula is C26H34FN3O9. The van der Waals surface area contributed by atoms with Gasteiger partial charge in [0.1, 0.15) is 35.8 Å². The van der Waals surface area contributed by atoms with Crippen LogP contribution in [0, 0.1) is 5.82 Å². The normalized spacial score (nSPS) is 28.2. The summed E-state index contributed by atoms with van der Waals surface area (Å²) in [6.07, 6.45) is -2.81. The highest BCUT2D eigenvalue weighted by Gasteiger charge is 2.44. The molecule has 214 valence electrons. The maximum absolute atomic E-state index is 15.2. The van der Waals surface area contributed by atoms with Gasteiger partial charge >= 0.3 is 5.97 Å². The minimum atomic E-state index is -1.48. The van der Waals surface area contributed by atoms with Crippen LogP contribution in [0.25, 0.3) is 10.9 Å². The number of hydrogen-bond acceptors (Lipinski definition) is 10. The molecule has 1 saturated carbocycles. The van der Waals surface area contributed by atoms with E-state index in [0.29, 0.717) is 50.3 Å². The molecule has 0 amide bonds. The molecule has 5 atom stereocenters. The second kappa shape index (κ2) is 11.5. The second-order valence-corrected chi connectivity index (χ2v) is 10.4. The summed E-state index contributed by atoms with van der Waals surface area (Å²) in [4.78, 5) is 28.4. The molecule has 5 N–H and O–H groups in total. The van der Waals surface area contributed by atoms with Crippen LogP contribution in [0.2, 0.25) is 0 Å². The first kappa shape index (κ1) is 27.9. The van der Waals surface area contributed by atoms with E-state index in [9.17, 15) is 35.1 Å². The molecule has 3 heterocycles. The van der Waals surface area contributed by atoms with E-state index in [1.165, 1.54) is 6.20 Å². The number of halogens is 1. The zero-order valence-corrected chi connectivity index (χ0v) is 21.4. The summed E-state index contributed by atoms with van der Waals surface area (Å²) >= 11 is 0. The van der Waals surface area contributed by atoms with Crippen LogP contribution < -0.4 is 10.3 Å². The lowest BCUT2D eigenvalue weighted by atomic mass is 9.99. The van der Waals surface area contributed by atoms with Gasteiger partial charge in [-0.25, -0.2) is 9.18 Å². The van der Waals surface area contributed by atoms with Crippen molar-refractivity contribution in [3.63, 3.8) is 0 Å². The molecule has 2 aliphatic heterocycles. The summed E-state index contributed by atoms with van der Waals surface area (Å²) in [5, 5.41) is 48.6. The highest BCUT2D eigenvalue weighted by atomic mass is 19.1. The number of benzene rings is 1. The van der Waals surface area contributed by atoms with Crippen LogP contribution in [0.4, 0.5) is 10.1 Å². The standard InChI is InChI=1S/C26H34FN3O9/c27-17-10-15-18(30(14-2-3-14)12-16(21(15)32)25(36)37)11-19(17)29-7-5-28(6-8-29)4-1-9-38-26-24(35)23(34)22(33)20(13-31)39-26/h10-12,14,20,22-24,26,31,33-35H,1-9,13H2,(H,36,37)/t20-,22+,23-,24-,26+/m0/s1. The highest BCUT2D eigenvalue weighted by Crippen LogP contribution is 2.38. The molecule has 1 aromatic carbocycles. The SMILES string of the molecule is O=C(O)c1cn(C2CC2)c2cc(N3CCN(CCCO[C@@H]4O[C@@H](CO)[C@@H](O)[C@H](O)[C@@H]4O)CC3)c(F)cc2c1=O. The summed E-state index contributed by atoms with van der Waals surface area (Å²) in [6.45, 7) is 2.79. The van der Waals surface area contributed by atoms with E-state index in [0.717, 1.165) is 18.9 Å². The average Bonchev–Trinajstić information content (AvgIpc) is 3.77. The Bertz CT molecular complexity index is 1260. The largest absolute Gasteiger partial charge is 0.477 e. The number of carbonyl (C=O) groups is 1. The molecule has 0 bridgehead atoms. The highest BCUT2D eigenvalue weighted by molar-refractivity contribution is 5.93. The van der Waals surface area contributed by atoms with Gasteiger partial charge < -0.3 is 44.5 Å². The van der Waals surface area contributed by atoms with Crippen LogP contribution in [0.1, 0.15) is 35.7 Å². The summed E-state index contributed by atoms with van der Waals surface area (Å²) in [5.74, 6) is -1.89. The van der Waals surface area contributed by atoms with Gasteiger partial charge in [0.05, 0.1) is 24.4 Å². The third kappa shape index (κ3) is 5.66. The number of aromatic carboxylic acids is 1. The number of fused-ring (bicyclic) bond motifs is 1. The first-order chi connectivity index (χ1) is 18.7. The number of piperazine rings is 1. The van der Waals surface area contributed by atoms with Gasteiger partial charge in [0, 0.05) is 50.3 Å². The lowest BCUT2D eigenvalue weighted by molar-refractivity contribution is -0.301. The van der Waals surface area contributed by atoms with Crippen molar-refractivity contribution in [2.45, 2.75) is 56.0 Å². The summed E-state index contributed by atoms with van der Waals surface area (Å²) < 4.78 is 27.9. The number of nitrogens with zero attached hydrogens (tertiary/aromatic N) is 3. The van der Waals surface area contributed by atoms with Crippen molar-refractivity contribution in [2.75, 3.05) is 50.8 Å². The molecule has 3 fully saturated rings. The molecule has 2 aromatic rings. The Hall–Kier alpha value is -2.65. The molecule has 2 saturated heterocycles. The Morgan fingerprint density at radius 2 is 1.79 bits per heavy atom. The summed E-state index contributed by atoms with van der Waals surface area (Å²) in [5.41, 5.74) is -0.122. The van der Waals surface area contributed by atoms with E-state index in [2.05, 4.69) is 4.90 Å². The smallest absolute Gasteiger partial charge is 0.341 e. The Labute approximate surface area is 223 Å². The molecule has 5 rings (SSSR count). The molecule has 1 aliphatic carbocycles. The van der Waals surface area contributed by atoms with Crippen molar-refractivity contribution >= 4 is 22.6 Å². The zero-order valence-electron chi connectivity index (χ0n) is 21.4. The first-order valence-electron chi connectivity index (χ1n) is 13.2. The molecule has 1 aromatic heterocycles. The van der Waals surface area contributed by atoms with Gasteiger partial charge in [0.2, 0.25) is 5.43 Å². The van der Waals surface area contributed by atoms with Crippen molar-refractivity contribution in [1.82, 2.24) is 9.47 Å². The Morgan fingerprint density at radius 3 is 2.44 bits per heavy atom. The van der Waals surface area contributed by atoms with Gasteiger partial charge in [-0.3, -0.25) is 9.69 Å². The second-order valence-electron chi connectivity index (χ2n) is 10.4. The van der Waals surface area contributed by atoms with Crippen LogP contribution in [0.3, 0.4) is 0 Å². The lowest BCUT2D eigenvalue weighted by Crippen LogP contribution is -2.59. The Morgan fingerprint density at radius 1 is 1.08 bits per heavy atom. The number of aliphatic hydroxyl groups is 4. The van der Waals surface area contributed by atoms with Crippen molar-refractivity contribution in [3.05, 3.63) is 39.9 Å². The molecule has 0 radical (unpaired) electrons. The Kier molecular flexibility index (Phi) is 8.19. The predicted molar refractivity (Wildman–Crippen MR) is 136 cm³/mol. The number of rotatable bonds is 9. The number of pyridine rings is 1. The van der Waals surface area contributed by atoms with Gasteiger partial charge in [-0.15, -0.1) is 0 Å². The summed E-state index contributed by atoms with van der Waals surface area (Å²) in [6, 6.07) is 2.91. The minimum Gasteiger partial charge on any atom is -0.477 e. The quantitative estimate of drug-likeness (QED) is 0.255. The van der Waals surface area contributed by atoms with Crippen molar-refractivity contribution in [2.24, 2.45) is 0 Å². The van der Waals surface area contributed by atoms with Gasteiger partial charge in [-0.05, 0) is 31.4 Å². The lowest BCUT2D eigenvalue weighted by Gasteiger charge is -2.39. The molecule has 0 unspecified atom stereocenters. The minimum absolute atomic E-state index is 0.0705. The summed E-state index contributed by atoms with van der Waals surface area (Å²) in [7, 11) is 0. The van der Waals surface area contributed by atoms with E-state index < -0.39 is 54.5 Å². The fraction of sp³-hybridized carbons (Fsp3) is 0.615.